The monoisotopic (exact) mass is 342 g/mol. The summed E-state index contributed by atoms with van der Waals surface area (Å²) in [6.07, 6.45) is 0.916. The third-order valence-electron chi connectivity index (χ3n) is 3.43. The lowest BCUT2D eigenvalue weighted by Crippen LogP contribution is -2.63. The summed E-state index contributed by atoms with van der Waals surface area (Å²) >= 11 is 3.18. The van der Waals surface area contributed by atoms with Crippen LogP contribution in [0.1, 0.15) is 26.7 Å². The Hall–Kier alpha value is -1.43. The fourth-order valence-electron chi connectivity index (χ4n) is 2.38. The number of amides is 2. The minimum atomic E-state index is -0.666. The molecule has 1 heterocycles. The second kappa shape index (κ2) is 5.91. The van der Waals surface area contributed by atoms with Crippen LogP contribution in [0.25, 0.3) is 0 Å². The molecule has 2 rings (SSSR count). The number of benzene rings is 1. The van der Waals surface area contributed by atoms with Crippen LogP contribution >= 0.6 is 15.9 Å². The molecule has 1 fully saturated rings. The van der Waals surface area contributed by atoms with Crippen molar-refractivity contribution in [3.05, 3.63) is 28.5 Å². The van der Waals surface area contributed by atoms with Crippen molar-refractivity contribution in [3.8, 4) is 0 Å². The van der Waals surface area contributed by atoms with Crippen LogP contribution in [0.4, 0.5) is 10.1 Å². The van der Waals surface area contributed by atoms with Gasteiger partial charge in [-0.05, 0) is 31.0 Å². The Balaban J connectivity index is 2.47. The number of hydrogen-bond acceptors (Lipinski definition) is 2. The highest BCUT2D eigenvalue weighted by Crippen LogP contribution is 2.28. The number of nitrogens with zero attached hydrogens (tertiary/aromatic N) is 1. The maximum absolute atomic E-state index is 14.1. The first-order valence-electron chi connectivity index (χ1n) is 6.58. The summed E-state index contributed by atoms with van der Waals surface area (Å²) in [4.78, 5) is 25.8. The van der Waals surface area contributed by atoms with Crippen LogP contribution in [0.3, 0.4) is 0 Å². The zero-order valence-corrected chi connectivity index (χ0v) is 12.9. The molecule has 0 aliphatic carbocycles. The SMILES string of the molecule is CCC1NC(=O)C(CC)N(c2ccc(Br)cc2F)C1=O. The first-order chi connectivity index (χ1) is 9.49. The summed E-state index contributed by atoms with van der Waals surface area (Å²) in [7, 11) is 0. The molecule has 1 saturated heterocycles. The van der Waals surface area contributed by atoms with E-state index in [4.69, 9.17) is 0 Å². The number of halogens is 2. The summed E-state index contributed by atoms with van der Waals surface area (Å²) in [6.45, 7) is 3.61. The van der Waals surface area contributed by atoms with Crippen LogP contribution in [-0.4, -0.2) is 23.9 Å². The molecule has 1 aromatic rings. The molecule has 1 aliphatic rings. The van der Waals surface area contributed by atoms with E-state index < -0.39 is 17.9 Å². The van der Waals surface area contributed by atoms with E-state index in [0.717, 1.165) is 0 Å². The van der Waals surface area contributed by atoms with Gasteiger partial charge in [0.25, 0.3) is 0 Å². The van der Waals surface area contributed by atoms with E-state index in [9.17, 15) is 14.0 Å². The first kappa shape index (κ1) is 15.0. The van der Waals surface area contributed by atoms with Crippen LogP contribution in [0.5, 0.6) is 0 Å². The summed E-state index contributed by atoms with van der Waals surface area (Å²) in [5.41, 5.74) is 0.151. The van der Waals surface area contributed by atoms with E-state index in [0.29, 0.717) is 17.3 Å². The van der Waals surface area contributed by atoms with Gasteiger partial charge < -0.3 is 5.32 Å². The molecule has 0 bridgehead atoms. The highest BCUT2D eigenvalue weighted by Gasteiger charge is 2.40. The van der Waals surface area contributed by atoms with Crippen molar-refractivity contribution in [1.82, 2.24) is 5.32 Å². The predicted octanol–water partition coefficient (Wildman–Crippen LogP) is 2.61. The van der Waals surface area contributed by atoms with E-state index in [1.807, 2.05) is 6.92 Å². The van der Waals surface area contributed by atoms with E-state index in [2.05, 4.69) is 21.2 Å². The van der Waals surface area contributed by atoms with Crippen molar-refractivity contribution in [1.29, 1.82) is 0 Å². The average molecular weight is 343 g/mol. The van der Waals surface area contributed by atoms with Gasteiger partial charge in [-0.25, -0.2) is 4.39 Å². The molecule has 1 aromatic carbocycles. The van der Waals surface area contributed by atoms with Crippen LogP contribution < -0.4 is 10.2 Å². The lowest BCUT2D eigenvalue weighted by Gasteiger charge is -2.38. The van der Waals surface area contributed by atoms with E-state index >= 15 is 0 Å². The number of carbonyl (C=O) groups excluding carboxylic acids is 2. The molecule has 1 aliphatic heterocycles. The Bertz CT molecular complexity index is 550. The topological polar surface area (TPSA) is 49.4 Å². The van der Waals surface area contributed by atoms with Gasteiger partial charge in [0.2, 0.25) is 11.8 Å². The van der Waals surface area contributed by atoms with Crippen LogP contribution in [-0.2, 0) is 9.59 Å². The second-order valence-electron chi connectivity index (χ2n) is 4.70. The smallest absolute Gasteiger partial charge is 0.250 e. The third kappa shape index (κ3) is 2.57. The zero-order valence-electron chi connectivity index (χ0n) is 11.3. The Kier molecular flexibility index (Phi) is 4.42. The van der Waals surface area contributed by atoms with Crippen molar-refractivity contribution >= 4 is 33.4 Å². The summed E-state index contributed by atoms with van der Waals surface area (Å²) < 4.78 is 14.7. The number of anilines is 1. The maximum Gasteiger partial charge on any atom is 0.250 e. The Morgan fingerprint density at radius 2 is 2.00 bits per heavy atom. The molecule has 2 unspecified atom stereocenters. The van der Waals surface area contributed by atoms with E-state index in [1.165, 1.54) is 17.0 Å². The van der Waals surface area contributed by atoms with Gasteiger partial charge in [0, 0.05) is 4.47 Å². The molecule has 6 heteroatoms. The average Bonchev–Trinajstić information content (AvgIpc) is 2.41. The van der Waals surface area contributed by atoms with Crippen molar-refractivity contribution in [2.75, 3.05) is 4.90 Å². The minimum absolute atomic E-state index is 0.151. The highest BCUT2D eigenvalue weighted by atomic mass is 79.9. The Morgan fingerprint density at radius 3 is 2.55 bits per heavy atom. The third-order valence-corrected chi connectivity index (χ3v) is 3.92. The van der Waals surface area contributed by atoms with Gasteiger partial charge in [-0.2, -0.15) is 0 Å². The van der Waals surface area contributed by atoms with Crippen LogP contribution in [0.2, 0.25) is 0 Å². The fraction of sp³-hybridized carbons (Fsp3) is 0.429. The molecule has 0 spiro atoms. The Morgan fingerprint density at radius 1 is 1.30 bits per heavy atom. The lowest BCUT2D eigenvalue weighted by molar-refractivity contribution is -0.134. The molecular formula is C14H16BrFN2O2. The number of carbonyl (C=O) groups is 2. The first-order valence-corrected chi connectivity index (χ1v) is 7.37. The maximum atomic E-state index is 14.1. The fourth-order valence-corrected chi connectivity index (χ4v) is 2.71. The summed E-state index contributed by atoms with van der Waals surface area (Å²) in [6, 6.07) is 3.22. The molecule has 1 N–H and O–H groups in total. The molecular weight excluding hydrogens is 327 g/mol. The molecule has 2 amide bonds. The largest absolute Gasteiger partial charge is 0.342 e. The summed E-state index contributed by atoms with van der Waals surface area (Å²) in [5.74, 6) is -1.02. The van der Waals surface area contributed by atoms with Crippen molar-refractivity contribution in [3.63, 3.8) is 0 Å². The van der Waals surface area contributed by atoms with Gasteiger partial charge in [-0.3, -0.25) is 14.5 Å². The normalized spacial score (nSPS) is 22.9. The molecule has 0 saturated carbocycles. The molecule has 20 heavy (non-hydrogen) atoms. The van der Waals surface area contributed by atoms with E-state index in [1.54, 1.807) is 13.0 Å². The number of hydrogen-bond donors (Lipinski definition) is 1. The number of piperazine rings is 1. The highest BCUT2D eigenvalue weighted by molar-refractivity contribution is 9.10. The molecule has 108 valence electrons. The number of rotatable bonds is 3. The van der Waals surface area contributed by atoms with Gasteiger partial charge in [0.05, 0.1) is 5.69 Å². The lowest BCUT2D eigenvalue weighted by atomic mass is 10.0. The molecule has 0 radical (unpaired) electrons. The van der Waals surface area contributed by atoms with E-state index in [-0.39, 0.29) is 17.5 Å². The van der Waals surface area contributed by atoms with Gasteiger partial charge in [0.1, 0.15) is 17.9 Å². The van der Waals surface area contributed by atoms with Gasteiger partial charge in [-0.15, -0.1) is 0 Å². The quantitative estimate of drug-likeness (QED) is 0.917. The zero-order chi connectivity index (χ0) is 14.9. The number of nitrogens with one attached hydrogen (secondary N) is 1. The van der Waals surface area contributed by atoms with Crippen molar-refractivity contribution < 1.29 is 14.0 Å². The van der Waals surface area contributed by atoms with Gasteiger partial charge in [-0.1, -0.05) is 29.8 Å². The van der Waals surface area contributed by atoms with Crippen LogP contribution in [0.15, 0.2) is 22.7 Å². The molecule has 0 aromatic heterocycles. The summed E-state index contributed by atoms with van der Waals surface area (Å²) in [5, 5.41) is 2.69. The van der Waals surface area contributed by atoms with Crippen molar-refractivity contribution in [2.45, 2.75) is 38.8 Å². The van der Waals surface area contributed by atoms with Gasteiger partial charge >= 0.3 is 0 Å². The van der Waals surface area contributed by atoms with Gasteiger partial charge in [0.15, 0.2) is 0 Å². The minimum Gasteiger partial charge on any atom is -0.342 e. The Labute approximate surface area is 125 Å². The predicted molar refractivity (Wildman–Crippen MR) is 77.9 cm³/mol. The molecule has 4 nitrogen and oxygen atoms in total. The second-order valence-corrected chi connectivity index (χ2v) is 5.61. The standard InChI is InChI=1S/C14H16BrFN2O2/c1-3-10-14(20)18(11(4-2)13(19)17-10)12-6-5-8(15)7-9(12)16/h5-7,10-11H,3-4H2,1-2H3,(H,17,19). The van der Waals surface area contributed by atoms with Crippen molar-refractivity contribution in [2.24, 2.45) is 0 Å². The molecule has 2 atom stereocenters. The van der Waals surface area contributed by atoms with Crippen LogP contribution in [0, 0.1) is 5.82 Å².